The first-order chi connectivity index (χ1) is 11.1. The quantitative estimate of drug-likeness (QED) is 0.777. The molecule has 1 atom stereocenters. The van der Waals surface area contributed by atoms with Crippen LogP contribution in [0.4, 0.5) is 4.79 Å². The van der Waals surface area contributed by atoms with Crippen molar-refractivity contribution >= 4 is 17.7 Å². The number of carbonyl (C=O) groups excluding carboxylic acids is 1. The van der Waals surface area contributed by atoms with Crippen molar-refractivity contribution in [2.75, 3.05) is 6.54 Å². The number of rotatable bonds is 3. The maximum absolute atomic E-state index is 12.4. The van der Waals surface area contributed by atoms with Crippen LogP contribution >= 0.6 is 11.6 Å². The Labute approximate surface area is 141 Å². The summed E-state index contributed by atoms with van der Waals surface area (Å²) in [6, 6.07) is 11.6. The van der Waals surface area contributed by atoms with E-state index in [1.165, 1.54) is 0 Å². The number of aromatic nitrogens is 1. The van der Waals surface area contributed by atoms with Gasteiger partial charge in [0.05, 0.1) is 6.04 Å². The van der Waals surface area contributed by atoms with Crippen molar-refractivity contribution in [1.82, 2.24) is 9.88 Å². The summed E-state index contributed by atoms with van der Waals surface area (Å²) in [4.78, 5) is 18.4. The van der Waals surface area contributed by atoms with Crippen LogP contribution in [0.25, 0.3) is 0 Å². The Morgan fingerprint density at radius 2 is 2.17 bits per heavy atom. The van der Waals surface area contributed by atoms with Gasteiger partial charge in [-0.2, -0.15) is 0 Å². The Morgan fingerprint density at radius 3 is 2.91 bits per heavy atom. The number of likely N-dealkylation sites (tertiary alicyclic amines) is 1. The van der Waals surface area contributed by atoms with Gasteiger partial charge >= 0.3 is 6.09 Å². The van der Waals surface area contributed by atoms with Crippen LogP contribution in [0.5, 0.6) is 0 Å². The number of amides is 1. The van der Waals surface area contributed by atoms with Crippen molar-refractivity contribution < 1.29 is 9.53 Å². The predicted octanol–water partition coefficient (Wildman–Crippen LogP) is 4.52. The Kier molecular flexibility index (Phi) is 4.82. The largest absolute Gasteiger partial charge is 0.445 e. The standard InChI is InChI=1S/C18H19ClN2O2/c1-13-10-17(19)20-11-15(13)16-8-5-9-21(16)18(22)23-12-14-6-3-2-4-7-14/h2-4,6-7,10-11,16H,5,8-9,12H2,1H3. The lowest BCUT2D eigenvalue weighted by molar-refractivity contribution is 0.0919. The molecule has 0 radical (unpaired) electrons. The molecule has 1 fully saturated rings. The molecule has 1 aliphatic rings. The van der Waals surface area contributed by atoms with Gasteiger partial charge in [0.1, 0.15) is 11.8 Å². The van der Waals surface area contributed by atoms with Crippen LogP contribution < -0.4 is 0 Å². The minimum absolute atomic E-state index is 0.0167. The van der Waals surface area contributed by atoms with Crippen molar-refractivity contribution in [1.29, 1.82) is 0 Å². The number of ether oxygens (including phenoxy) is 1. The molecular formula is C18H19ClN2O2. The van der Waals surface area contributed by atoms with Gasteiger partial charge in [-0.15, -0.1) is 0 Å². The highest BCUT2D eigenvalue weighted by Crippen LogP contribution is 2.34. The molecule has 23 heavy (non-hydrogen) atoms. The van der Waals surface area contributed by atoms with E-state index in [9.17, 15) is 4.79 Å². The van der Waals surface area contributed by atoms with E-state index in [4.69, 9.17) is 16.3 Å². The van der Waals surface area contributed by atoms with E-state index >= 15 is 0 Å². The molecule has 0 aliphatic carbocycles. The molecule has 1 aromatic heterocycles. The van der Waals surface area contributed by atoms with Gasteiger partial charge in [0.25, 0.3) is 0 Å². The van der Waals surface area contributed by atoms with Crippen molar-refractivity contribution in [3.05, 3.63) is 64.4 Å². The first-order valence-electron chi connectivity index (χ1n) is 7.74. The number of aryl methyl sites for hydroxylation is 1. The Hall–Kier alpha value is -2.07. The first kappa shape index (κ1) is 15.8. The van der Waals surface area contributed by atoms with Crippen molar-refractivity contribution in [3.8, 4) is 0 Å². The smallest absolute Gasteiger partial charge is 0.410 e. The van der Waals surface area contributed by atoms with Crippen LogP contribution in [0.15, 0.2) is 42.6 Å². The van der Waals surface area contributed by atoms with E-state index in [0.717, 1.165) is 29.5 Å². The molecule has 5 heteroatoms. The van der Waals surface area contributed by atoms with E-state index in [1.807, 2.05) is 43.3 Å². The molecule has 1 unspecified atom stereocenters. The van der Waals surface area contributed by atoms with E-state index in [1.54, 1.807) is 11.1 Å². The fraction of sp³-hybridized carbons (Fsp3) is 0.333. The average Bonchev–Trinajstić information content (AvgIpc) is 3.03. The van der Waals surface area contributed by atoms with Gasteiger partial charge in [-0.05, 0) is 42.5 Å². The maximum Gasteiger partial charge on any atom is 0.410 e. The lowest BCUT2D eigenvalue weighted by Gasteiger charge is -2.25. The first-order valence-corrected chi connectivity index (χ1v) is 8.12. The molecule has 3 rings (SSSR count). The van der Waals surface area contributed by atoms with Crippen LogP contribution in [0.2, 0.25) is 5.15 Å². The molecule has 0 N–H and O–H groups in total. The van der Waals surface area contributed by atoms with Crippen LogP contribution in [0, 0.1) is 6.92 Å². The number of hydrogen-bond acceptors (Lipinski definition) is 3. The summed E-state index contributed by atoms with van der Waals surface area (Å²) >= 11 is 5.92. The fourth-order valence-corrected chi connectivity index (χ4v) is 3.20. The second kappa shape index (κ2) is 7.01. The third-order valence-corrected chi connectivity index (χ3v) is 4.38. The predicted molar refractivity (Wildman–Crippen MR) is 89.3 cm³/mol. The third-order valence-electron chi connectivity index (χ3n) is 4.17. The van der Waals surface area contributed by atoms with Gasteiger partial charge in [0.15, 0.2) is 0 Å². The summed E-state index contributed by atoms with van der Waals surface area (Å²) < 4.78 is 5.47. The van der Waals surface area contributed by atoms with Gasteiger partial charge in [-0.1, -0.05) is 41.9 Å². The summed E-state index contributed by atoms with van der Waals surface area (Å²) in [5.74, 6) is 0. The van der Waals surface area contributed by atoms with Gasteiger partial charge in [0, 0.05) is 12.7 Å². The van der Waals surface area contributed by atoms with Crippen LogP contribution in [0.1, 0.15) is 35.6 Å². The normalized spacial score (nSPS) is 17.3. The summed E-state index contributed by atoms with van der Waals surface area (Å²) in [6.07, 6.45) is 3.38. The second-order valence-corrected chi connectivity index (χ2v) is 6.14. The molecule has 2 aromatic rings. The number of nitrogens with zero attached hydrogens (tertiary/aromatic N) is 2. The SMILES string of the molecule is Cc1cc(Cl)ncc1C1CCCN1C(=O)OCc1ccccc1. The topological polar surface area (TPSA) is 42.4 Å². The maximum atomic E-state index is 12.4. The van der Waals surface area contributed by atoms with Gasteiger partial charge < -0.3 is 9.64 Å². The van der Waals surface area contributed by atoms with Crippen molar-refractivity contribution in [2.45, 2.75) is 32.4 Å². The number of benzene rings is 1. The Bertz CT molecular complexity index is 691. The molecule has 0 bridgehead atoms. The minimum Gasteiger partial charge on any atom is -0.445 e. The molecular weight excluding hydrogens is 312 g/mol. The summed E-state index contributed by atoms with van der Waals surface area (Å²) in [6.45, 7) is 3.00. The fourth-order valence-electron chi connectivity index (χ4n) is 2.99. The highest BCUT2D eigenvalue weighted by molar-refractivity contribution is 6.29. The molecule has 1 saturated heterocycles. The number of hydrogen-bond donors (Lipinski definition) is 0. The van der Waals surface area contributed by atoms with Crippen LogP contribution in [-0.4, -0.2) is 22.5 Å². The van der Waals surface area contributed by atoms with Gasteiger partial charge in [0.2, 0.25) is 0 Å². The Morgan fingerprint density at radius 1 is 1.39 bits per heavy atom. The second-order valence-electron chi connectivity index (χ2n) is 5.76. The third kappa shape index (κ3) is 3.64. The van der Waals surface area contributed by atoms with Crippen molar-refractivity contribution in [3.63, 3.8) is 0 Å². The summed E-state index contributed by atoms with van der Waals surface area (Å²) in [5, 5.41) is 0.474. The summed E-state index contributed by atoms with van der Waals surface area (Å²) in [7, 11) is 0. The van der Waals surface area contributed by atoms with Crippen molar-refractivity contribution in [2.24, 2.45) is 0 Å². The average molecular weight is 331 g/mol. The lowest BCUT2D eigenvalue weighted by atomic mass is 10.0. The zero-order valence-corrected chi connectivity index (χ0v) is 13.8. The van der Waals surface area contributed by atoms with E-state index in [2.05, 4.69) is 4.98 Å². The highest BCUT2D eigenvalue weighted by atomic mass is 35.5. The summed E-state index contributed by atoms with van der Waals surface area (Å²) in [5.41, 5.74) is 3.09. The van der Waals surface area contributed by atoms with Gasteiger partial charge in [-0.25, -0.2) is 9.78 Å². The van der Waals surface area contributed by atoms with Gasteiger partial charge in [-0.3, -0.25) is 0 Å². The number of pyridine rings is 1. The monoisotopic (exact) mass is 330 g/mol. The zero-order valence-electron chi connectivity index (χ0n) is 13.0. The van der Waals surface area contributed by atoms with E-state index in [0.29, 0.717) is 18.3 Å². The molecule has 0 spiro atoms. The Balaban J connectivity index is 1.69. The molecule has 120 valence electrons. The van der Waals surface area contributed by atoms with E-state index in [-0.39, 0.29) is 12.1 Å². The lowest BCUT2D eigenvalue weighted by Crippen LogP contribution is -2.31. The van der Waals surface area contributed by atoms with Crippen LogP contribution in [-0.2, 0) is 11.3 Å². The number of carbonyl (C=O) groups is 1. The van der Waals surface area contributed by atoms with Crippen LogP contribution in [0.3, 0.4) is 0 Å². The molecule has 1 amide bonds. The molecule has 0 saturated carbocycles. The van der Waals surface area contributed by atoms with E-state index < -0.39 is 0 Å². The molecule has 1 aliphatic heterocycles. The number of halogens is 1. The minimum atomic E-state index is -0.272. The highest BCUT2D eigenvalue weighted by Gasteiger charge is 2.32. The molecule has 4 nitrogen and oxygen atoms in total. The molecule has 1 aromatic carbocycles. The molecule has 2 heterocycles. The zero-order chi connectivity index (χ0) is 16.2.